The van der Waals surface area contributed by atoms with Crippen LogP contribution in [0.15, 0.2) is 42.5 Å². The van der Waals surface area contributed by atoms with Crippen molar-refractivity contribution < 1.29 is 14.6 Å². The first-order valence-corrected chi connectivity index (χ1v) is 9.41. The molecule has 1 heterocycles. The fourth-order valence-electron chi connectivity index (χ4n) is 5.78. The molecule has 4 nitrogen and oxygen atoms in total. The van der Waals surface area contributed by atoms with Gasteiger partial charge in [-0.05, 0) is 83.9 Å². The number of ether oxygens (including phenoxy) is 1. The lowest BCUT2D eigenvalue weighted by Crippen LogP contribution is -2.36. The van der Waals surface area contributed by atoms with E-state index >= 15 is 0 Å². The molecule has 0 aromatic heterocycles. The van der Waals surface area contributed by atoms with Crippen molar-refractivity contribution in [3.05, 3.63) is 59.2 Å². The van der Waals surface area contributed by atoms with Crippen LogP contribution in [0.4, 0.5) is 5.69 Å². The van der Waals surface area contributed by atoms with Crippen LogP contribution in [0.2, 0.25) is 0 Å². The van der Waals surface area contributed by atoms with Crippen molar-refractivity contribution in [1.29, 1.82) is 0 Å². The smallest absolute Gasteiger partial charge is 0.119 e. The topological polar surface area (TPSA) is 61.4 Å². The molecule has 2 aromatic carbocycles. The number of carbonyl (C=O) groups excluding carboxylic acids is 1. The molecule has 1 N–H and O–H groups in total. The molecular weight excluding hydrogens is 326 g/mol. The molecule has 26 heavy (non-hydrogen) atoms. The number of aromatic carboxylic acids is 1. The van der Waals surface area contributed by atoms with E-state index in [-0.39, 0.29) is 11.6 Å². The fourth-order valence-corrected chi connectivity index (χ4v) is 5.78. The third kappa shape index (κ3) is 2.24. The normalized spacial score (nSPS) is 31.0. The highest BCUT2D eigenvalue weighted by atomic mass is 16.5. The highest BCUT2D eigenvalue weighted by Gasteiger charge is 2.53. The summed E-state index contributed by atoms with van der Waals surface area (Å²) in [6, 6.07) is 14.0. The standard InChI is InChI=1S/C22H23NO3/c1-26-16-4-2-3-14(10-16)21-20-13-6-5-12(9-13)19(20)17-11-15(22(24)25)7-8-18(17)23-21/h2-4,7-8,10-13,19-21,23H,5-6,9H2,1H3,(H,24,25)/p-1/t12-,13-,19+,20-,21+/m0/s1. The largest absolute Gasteiger partial charge is 0.545 e. The van der Waals surface area contributed by atoms with E-state index in [4.69, 9.17) is 4.74 Å². The van der Waals surface area contributed by atoms with Gasteiger partial charge in [-0.15, -0.1) is 0 Å². The predicted molar refractivity (Wildman–Crippen MR) is 97.2 cm³/mol. The average molecular weight is 348 g/mol. The summed E-state index contributed by atoms with van der Waals surface area (Å²) in [5.74, 6) is 2.08. The Morgan fingerprint density at radius 2 is 2.00 bits per heavy atom. The van der Waals surface area contributed by atoms with Gasteiger partial charge in [0, 0.05) is 5.69 Å². The molecule has 2 fully saturated rings. The molecule has 0 radical (unpaired) electrons. The number of rotatable bonds is 3. The molecule has 0 spiro atoms. The minimum atomic E-state index is -1.09. The van der Waals surface area contributed by atoms with E-state index in [0.29, 0.717) is 23.7 Å². The molecule has 0 saturated heterocycles. The third-order valence-electron chi connectivity index (χ3n) is 6.78. The molecular formula is C22H22NO3-. The molecule has 5 rings (SSSR count). The Morgan fingerprint density at radius 1 is 1.15 bits per heavy atom. The van der Waals surface area contributed by atoms with Crippen LogP contribution in [-0.2, 0) is 0 Å². The zero-order valence-electron chi connectivity index (χ0n) is 14.8. The number of methoxy groups -OCH3 is 1. The Kier molecular flexibility index (Phi) is 3.49. The van der Waals surface area contributed by atoms with Gasteiger partial charge in [0.05, 0.1) is 19.1 Å². The van der Waals surface area contributed by atoms with Crippen molar-refractivity contribution >= 4 is 11.7 Å². The van der Waals surface area contributed by atoms with Crippen LogP contribution in [0.25, 0.3) is 0 Å². The summed E-state index contributed by atoms with van der Waals surface area (Å²) in [6.07, 6.45) is 3.79. The van der Waals surface area contributed by atoms with Gasteiger partial charge in [-0.25, -0.2) is 0 Å². The maximum absolute atomic E-state index is 11.3. The average Bonchev–Trinajstić information content (AvgIpc) is 3.29. The highest BCUT2D eigenvalue weighted by molar-refractivity contribution is 5.87. The molecule has 1 aliphatic heterocycles. The number of carboxylic acid groups (broad SMARTS) is 1. The van der Waals surface area contributed by atoms with Crippen LogP contribution in [0, 0.1) is 17.8 Å². The number of nitrogens with one attached hydrogen (secondary N) is 1. The lowest BCUT2D eigenvalue weighted by molar-refractivity contribution is -0.255. The molecule has 0 unspecified atom stereocenters. The molecule has 3 aliphatic rings. The fraction of sp³-hybridized carbons (Fsp3) is 0.409. The Hall–Kier alpha value is -2.49. The maximum Gasteiger partial charge on any atom is 0.119 e. The number of carbonyl (C=O) groups is 1. The summed E-state index contributed by atoms with van der Waals surface area (Å²) in [6.45, 7) is 0. The van der Waals surface area contributed by atoms with E-state index in [2.05, 4.69) is 17.4 Å². The molecule has 5 atom stereocenters. The second-order valence-corrected chi connectivity index (χ2v) is 7.92. The van der Waals surface area contributed by atoms with E-state index in [1.54, 1.807) is 13.2 Å². The summed E-state index contributed by atoms with van der Waals surface area (Å²) in [5.41, 5.74) is 3.77. The molecule has 0 amide bonds. The minimum Gasteiger partial charge on any atom is -0.545 e. The van der Waals surface area contributed by atoms with Gasteiger partial charge in [-0.1, -0.05) is 18.2 Å². The van der Waals surface area contributed by atoms with Gasteiger partial charge in [0.2, 0.25) is 0 Å². The monoisotopic (exact) mass is 348 g/mol. The van der Waals surface area contributed by atoms with Crippen molar-refractivity contribution in [3.63, 3.8) is 0 Å². The number of hydrogen-bond acceptors (Lipinski definition) is 4. The van der Waals surface area contributed by atoms with E-state index in [0.717, 1.165) is 11.4 Å². The zero-order chi connectivity index (χ0) is 17.8. The number of hydrogen-bond donors (Lipinski definition) is 1. The second kappa shape index (κ2) is 5.76. The quantitative estimate of drug-likeness (QED) is 0.924. The summed E-state index contributed by atoms with van der Waals surface area (Å²) >= 11 is 0. The van der Waals surface area contributed by atoms with Crippen molar-refractivity contribution in [3.8, 4) is 5.75 Å². The van der Waals surface area contributed by atoms with Crippen LogP contribution in [0.3, 0.4) is 0 Å². The predicted octanol–water partition coefficient (Wildman–Crippen LogP) is 3.36. The van der Waals surface area contributed by atoms with Crippen molar-refractivity contribution in [1.82, 2.24) is 0 Å². The van der Waals surface area contributed by atoms with Gasteiger partial charge >= 0.3 is 0 Å². The van der Waals surface area contributed by atoms with Crippen LogP contribution >= 0.6 is 0 Å². The van der Waals surface area contributed by atoms with Crippen LogP contribution < -0.4 is 15.2 Å². The van der Waals surface area contributed by atoms with Crippen LogP contribution in [0.5, 0.6) is 5.75 Å². The van der Waals surface area contributed by atoms with Gasteiger partial charge < -0.3 is 20.0 Å². The van der Waals surface area contributed by atoms with Gasteiger partial charge in [-0.3, -0.25) is 0 Å². The van der Waals surface area contributed by atoms with Crippen LogP contribution in [-0.4, -0.2) is 13.1 Å². The Bertz CT molecular complexity index is 877. The minimum absolute atomic E-state index is 0.242. The molecule has 2 aliphatic carbocycles. The first kappa shape index (κ1) is 15.7. The number of fused-ring (bicyclic) bond motifs is 7. The summed E-state index contributed by atoms with van der Waals surface area (Å²) in [7, 11) is 1.70. The van der Waals surface area contributed by atoms with Crippen molar-refractivity contribution in [2.24, 2.45) is 17.8 Å². The molecule has 2 saturated carbocycles. The molecule has 2 aromatic rings. The van der Waals surface area contributed by atoms with E-state index < -0.39 is 5.97 Å². The highest BCUT2D eigenvalue weighted by Crippen LogP contribution is 2.63. The summed E-state index contributed by atoms with van der Waals surface area (Å²) in [4.78, 5) is 11.3. The molecule has 2 bridgehead atoms. The third-order valence-corrected chi connectivity index (χ3v) is 6.78. The van der Waals surface area contributed by atoms with Gasteiger partial charge in [0.25, 0.3) is 0 Å². The lowest BCUT2D eigenvalue weighted by Gasteiger charge is -2.43. The first-order chi connectivity index (χ1) is 12.7. The van der Waals surface area contributed by atoms with Crippen molar-refractivity contribution in [2.75, 3.05) is 12.4 Å². The number of anilines is 1. The van der Waals surface area contributed by atoms with Crippen LogP contribution in [0.1, 0.15) is 52.7 Å². The number of carboxylic acids is 1. The summed E-state index contributed by atoms with van der Waals surface area (Å²) in [5, 5.41) is 15.1. The second-order valence-electron chi connectivity index (χ2n) is 7.92. The van der Waals surface area contributed by atoms with Crippen molar-refractivity contribution in [2.45, 2.75) is 31.2 Å². The zero-order valence-corrected chi connectivity index (χ0v) is 14.8. The Labute approximate surface area is 153 Å². The SMILES string of the molecule is COc1cccc([C@H]2Nc3ccc(C(=O)[O-])cc3[C@H]3[C@H]4CC[C@@H](C4)[C@@H]32)c1. The number of benzene rings is 2. The van der Waals surface area contributed by atoms with Gasteiger partial charge in [0.1, 0.15) is 5.75 Å². The lowest BCUT2D eigenvalue weighted by atomic mass is 9.68. The van der Waals surface area contributed by atoms with E-state index in [9.17, 15) is 9.90 Å². The van der Waals surface area contributed by atoms with E-state index in [1.807, 2.05) is 24.3 Å². The molecule has 134 valence electrons. The van der Waals surface area contributed by atoms with Gasteiger partial charge in [-0.2, -0.15) is 0 Å². The Morgan fingerprint density at radius 3 is 2.81 bits per heavy atom. The molecule has 4 heteroatoms. The summed E-state index contributed by atoms with van der Waals surface area (Å²) < 4.78 is 5.43. The Balaban J connectivity index is 1.62. The van der Waals surface area contributed by atoms with Gasteiger partial charge in [0.15, 0.2) is 0 Å². The van der Waals surface area contributed by atoms with E-state index in [1.165, 1.54) is 30.4 Å². The first-order valence-electron chi connectivity index (χ1n) is 9.41. The maximum atomic E-state index is 11.3.